The van der Waals surface area contributed by atoms with Gasteiger partial charge in [0, 0.05) is 17.4 Å². The molecule has 0 fully saturated rings. The molecule has 0 spiro atoms. The van der Waals surface area contributed by atoms with E-state index in [0.717, 1.165) is 32.1 Å². The SMILES string of the molecule is CCCCCc1cc2c(c(O)c1C(=O)O)C1CC(C)=CCC1C(C)(C)O2. The summed E-state index contributed by atoms with van der Waals surface area (Å²) >= 11 is 0. The number of fused-ring (bicyclic) bond motifs is 3. The second kappa shape index (κ2) is 6.98. The molecule has 2 N–H and O–H groups in total. The molecule has 1 aliphatic carbocycles. The molecule has 1 aliphatic heterocycles. The molecule has 1 aromatic carbocycles. The fraction of sp³-hybridized carbons (Fsp3) is 0.591. The number of aryl methyl sites for hydroxylation is 1. The van der Waals surface area contributed by atoms with Crippen molar-refractivity contribution in [3.8, 4) is 11.5 Å². The van der Waals surface area contributed by atoms with E-state index in [9.17, 15) is 15.0 Å². The van der Waals surface area contributed by atoms with E-state index < -0.39 is 5.97 Å². The van der Waals surface area contributed by atoms with Crippen molar-refractivity contribution in [1.29, 1.82) is 0 Å². The van der Waals surface area contributed by atoms with Crippen LogP contribution in [0.1, 0.15) is 87.2 Å². The Balaban J connectivity index is 2.13. The molecule has 0 saturated carbocycles. The first-order chi connectivity index (χ1) is 12.3. The zero-order chi connectivity index (χ0) is 19.1. The van der Waals surface area contributed by atoms with E-state index in [4.69, 9.17) is 4.74 Å². The number of rotatable bonds is 5. The Bertz CT molecular complexity index is 745. The lowest BCUT2D eigenvalue weighted by atomic mass is 9.66. The molecule has 0 bridgehead atoms. The zero-order valence-electron chi connectivity index (χ0n) is 16.3. The standard InChI is InChI=1S/C22H30O4/c1-5-6-7-8-14-12-17-19(20(23)18(14)21(24)25)15-11-13(2)9-10-16(15)22(3,4)26-17/h9,12,15-16,23H,5-8,10-11H2,1-4H3,(H,24,25). The normalized spacial score (nSPS) is 23.5. The molecule has 0 radical (unpaired) electrons. The van der Waals surface area contributed by atoms with Crippen LogP contribution in [0.2, 0.25) is 0 Å². The third-order valence-corrected chi connectivity index (χ3v) is 6.03. The Morgan fingerprint density at radius 2 is 2.08 bits per heavy atom. The van der Waals surface area contributed by atoms with Gasteiger partial charge in [0.2, 0.25) is 0 Å². The molecule has 1 aromatic rings. The van der Waals surface area contributed by atoms with Crippen LogP contribution in [-0.2, 0) is 6.42 Å². The molecule has 2 aliphatic rings. The highest BCUT2D eigenvalue weighted by Gasteiger charge is 2.46. The minimum absolute atomic E-state index is 0.0640. The van der Waals surface area contributed by atoms with Gasteiger partial charge < -0.3 is 14.9 Å². The van der Waals surface area contributed by atoms with Crippen LogP contribution in [0.4, 0.5) is 0 Å². The maximum atomic E-state index is 11.9. The van der Waals surface area contributed by atoms with Gasteiger partial charge in [0.1, 0.15) is 22.7 Å². The van der Waals surface area contributed by atoms with Crippen LogP contribution in [-0.4, -0.2) is 21.8 Å². The van der Waals surface area contributed by atoms with Gasteiger partial charge in [-0.3, -0.25) is 0 Å². The Morgan fingerprint density at radius 1 is 1.35 bits per heavy atom. The molecule has 1 heterocycles. The second-order valence-corrected chi connectivity index (χ2v) is 8.34. The third-order valence-electron chi connectivity index (χ3n) is 6.03. The molecule has 2 unspecified atom stereocenters. The van der Waals surface area contributed by atoms with E-state index >= 15 is 0 Å². The second-order valence-electron chi connectivity index (χ2n) is 8.34. The number of carbonyl (C=O) groups is 1. The maximum Gasteiger partial charge on any atom is 0.339 e. The van der Waals surface area contributed by atoms with E-state index in [1.807, 2.05) is 6.07 Å². The van der Waals surface area contributed by atoms with Crippen molar-refractivity contribution in [2.45, 2.75) is 77.7 Å². The van der Waals surface area contributed by atoms with E-state index in [-0.39, 0.29) is 28.7 Å². The molecule has 142 valence electrons. The van der Waals surface area contributed by atoms with Gasteiger partial charge in [0.05, 0.1) is 0 Å². The van der Waals surface area contributed by atoms with Crippen LogP contribution in [0.25, 0.3) is 0 Å². The molecule has 4 nitrogen and oxygen atoms in total. The van der Waals surface area contributed by atoms with Crippen LogP contribution in [0.5, 0.6) is 11.5 Å². The first kappa shape index (κ1) is 18.8. The molecular formula is C22H30O4. The van der Waals surface area contributed by atoms with Crippen molar-refractivity contribution in [2.75, 3.05) is 0 Å². The number of unbranched alkanes of at least 4 members (excludes halogenated alkanes) is 2. The number of aromatic hydroxyl groups is 1. The quantitative estimate of drug-likeness (QED) is 0.544. The number of allylic oxidation sites excluding steroid dienone is 2. The summed E-state index contributed by atoms with van der Waals surface area (Å²) in [5.74, 6) is -0.137. The fourth-order valence-corrected chi connectivity index (χ4v) is 4.65. The fourth-order valence-electron chi connectivity index (χ4n) is 4.65. The van der Waals surface area contributed by atoms with Crippen LogP contribution >= 0.6 is 0 Å². The molecule has 2 atom stereocenters. The number of ether oxygens (including phenoxy) is 1. The first-order valence-electron chi connectivity index (χ1n) is 9.73. The summed E-state index contributed by atoms with van der Waals surface area (Å²) in [5.41, 5.74) is 2.39. The number of hydrogen-bond acceptors (Lipinski definition) is 3. The number of carboxylic acids is 1. The lowest BCUT2D eigenvalue weighted by molar-refractivity contribution is 0.00743. The molecule has 0 aromatic heterocycles. The molecule has 3 rings (SSSR count). The Labute approximate surface area is 155 Å². The van der Waals surface area contributed by atoms with E-state index in [1.165, 1.54) is 5.57 Å². The first-order valence-corrected chi connectivity index (χ1v) is 9.73. The summed E-state index contributed by atoms with van der Waals surface area (Å²) in [5, 5.41) is 20.7. The highest BCUT2D eigenvalue weighted by atomic mass is 16.5. The average Bonchev–Trinajstić information content (AvgIpc) is 2.53. The third kappa shape index (κ3) is 3.22. The van der Waals surface area contributed by atoms with Gasteiger partial charge in [-0.15, -0.1) is 0 Å². The van der Waals surface area contributed by atoms with E-state index in [0.29, 0.717) is 23.3 Å². The summed E-state index contributed by atoms with van der Waals surface area (Å²) < 4.78 is 6.30. The smallest absolute Gasteiger partial charge is 0.339 e. The van der Waals surface area contributed by atoms with Gasteiger partial charge >= 0.3 is 5.97 Å². The molecule has 4 heteroatoms. The molecule has 26 heavy (non-hydrogen) atoms. The zero-order valence-corrected chi connectivity index (χ0v) is 16.3. The number of phenols is 1. The van der Waals surface area contributed by atoms with Crippen molar-refractivity contribution < 1.29 is 19.7 Å². The van der Waals surface area contributed by atoms with Gasteiger partial charge in [-0.1, -0.05) is 31.4 Å². The molecule has 0 saturated heterocycles. The largest absolute Gasteiger partial charge is 0.507 e. The summed E-state index contributed by atoms with van der Waals surface area (Å²) in [6, 6.07) is 1.87. The van der Waals surface area contributed by atoms with Gasteiger partial charge in [0.25, 0.3) is 0 Å². The predicted molar refractivity (Wildman–Crippen MR) is 102 cm³/mol. The number of hydrogen-bond donors (Lipinski definition) is 2. The maximum absolute atomic E-state index is 11.9. The molecular weight excluding hydrogens is 328 g/mol. The van der Waals surface area contributed by atoms with Crippen LogP contribution < -0.4 is 4.74 Å². The topological polar surface area (TPSA) is 66.8 Å². The van der Waals surface area contributed by atoms with Crippen molar-refractivity contribution in [3.05, 3.63) is 34.4 Å². The summed E-state index contributed by atoms with van der Waals surface area (Å²) in [6.07, 6.45) is 7.64. The minimum Gasteiger partial charge on any atom is -0.507 e. The number of aromatic carboxylic acids is 1. The lowest BCUT2D eigenvalue weighted by Gasteiger charge is -2.47. The number of benzene rings is 1. The Hall–Kier alpha value is -1.97. The molecule has 0 amide bonds. The van der Waals surface area contributed by atoms with E-state index in [2.05, 4.69) is 33.8 Å². The van der Waals surface area contributed by atoms with Crippen LogP contribution in [0.3, 0.4) is 0 Å². The summed E-state index contributed by atoms with van der Waals surface area (Å²) in [7, 11) is 0. The van der Waals surface area contributed by atoms with Crippen molar-refractivity contribution in [1.82, 2.24) is 0 Å². The van der Waals surface area contributed by atoms with Crippen LogP contribution in [0, 0.1) is 5.92 Å². The summed E-state index contributed by atoms with van der Waals surface area (Å²) in [4.78, 5) is 11.9. The lowest BCUT2D eigenvalue weighted by Crippen LogP contribution is -2.45. The van der Waals surface area contributed by atoms with Crippen LogP contribution in [0.15, 0.2) is 17.7 Å². The van der Waals surface area contributed by atoms with Gasteiger partial charge in [-0.25, -0.2) is 4.79 Å². The predicted octanol–water partition coefficient (Wildman–Crippen LogP) is 5.43. The minimum atomic E-state index is -1.05. The monoisotopic (exact) mass is 358 g/mol. The van der Waals surface area contributed by atoms with Gasteiger partial charge in [-0.05, 0) is 58.1 Å². The van der Waals surface area contributed by atoms with Crippen molar-refractivity contribution in [3.63, 3.8) is 0 Å². The van der Waals surface area contributed by atoms with E-state index in [1.54, 1.807) is 0 Å². The highest BCUT2D eigenvalue weighted by Crippen LogP contribution is 2.55. The Kier molecular flexibility index (Phi) is 5.05. The van der Waals surface area contributed by atoms with Crippen molar-refractivity contribution >= 4 is 5.97 Å². The average molecular weight is 358 g/mol. The summed E-state index contributed by atoms with van der Waals surface area (Å²) in [6.45, 7) is 8.42. The number of carboxylic acid groups (broad SMARTS) is 1. The van der Waals surface area contributed by atoms with Crippen molar-refractivity contribution in [2.24, 2.45) is 5.92 Å². The van der Waals surface area contributed by atoms with Gasteiger partial charge in [-0.2, -0.15) is 0 Å². The highest BCUT2D eigenvalue weighted by molar-refractivity contribution is 5.94. The van der Waals surface area contributed by atoms with Gasteiger partial charge in [0.15, 0.2) is 0 Å². The Morgan fingerprint density at radius 3 is 2.73 bits per heavy atom.